The molecule has 2 nitrogen and oxygen atoms in total. The van der Waals surface area contributed by atoms with E-state index in [1.807, 2.05) is 20.8 Å². The van der Waals surface area contributed by atoms with Gasteiger partial charge in [-0.1, -0.05) is 11.8 Å². The summed E-state index contributed by atoms with van der Waals surface area (Å²) in [6.07, 6.45) is 10.3. The standard InChI is InChI=1S/C10H15NOS/c1-6-8-11(9-7-2)13(12)10(3,4)5/h1-2H,8-9H2,3-5H3/t13-/m1/s1. The third-order valence-corrected chi connectivity index (χ3v) is 3.07. The predicted molar refractivity (Wildman–Crippen MR) is 57.1 cm³/mol. The van der Waals surface area contributed by atoms with Gasteiger partial charge in [-0.05, 0) is 20.8 Å². The third-order valence-electron chi connectivity index (χ3n) is 1.29. The number of nitrogens with zero attached hydrogens (tertiary/aromatic N) is 1. The summed E-state index contributed by atoms with van der Waals surface area (Å²) in [5.41, 5.74) is 0. The van der Waals surface area contributed by atoms with E-state index in [9.17, 15) is 4.21 Å². The molecule has 0 aromatic heterocycles. The quantitative estimate of drug-likeness (QED) is 0.619. The van der Waals surface area contributed by atoms with Gasteiger partial charge in [-0.2, -0.15) is 0 Å². The van der Waals surface area contributed by atoms with Crippen molar-refractivity contribution in [3.05, 3.63) is 0 Å². The lowest BCUT2D eigenvalue weighted by Crippen LogP contribution is -2.38. The van der Waals surface area contributed by atoms with Crippen LogP contribution >= 0.6 is 0 Å². The van der Waals surface area contributed by atoms with Crippen molar-refractivity contribution >= 4 is 11.0 Å². The second-order valence-electron chi connectivity index (χ2n) is 3.57. The molecule has 0 aliphatic rings. The van der Waals surface area contributed by atoms with Crippen LogP contribution in [0.4, 0.5) is 0 Å². The van der Waals surface area contributed by atoms with Gasteiger partial charge in [0.1, 0.15) is 11.0 Å². The van der Waals surface area contributed by atoms with Crippen molar-refractivity contribution in [1.82, 2.24) is 4.31 Å². The number of hydrogen-bond donors (Lipinski definition) is 0. The molecule has 0 heterocycles. The Morgan fingerprint density at radius 3 is 1.85 bits per heavy atom. The van der Waals surface area contributed by atoms with Crippen LogP contribution in [0.25, 0.3) is 0 Å². The van der Waals surface area contributed by atoms with Crippen molar-refractivity contribution in [3.8, 4) is 24.7 Å². The number of hydrogen-bond acceptors (Lipinski definition) is 1. The Balaban J connectivity index is 4.50. The van der Waals surface area contributed by atoms with Gasteiger partial charge in [0.25, 0.3) is 0 Å². The molecule has 0 amide bonds. The average molecular weight is 197 g/mol. The van der Waals surface area contributed by atoms with E-state index in [4.69, 9.17) is 12.8 Å². The van der Waals surface area contributed by atoms with E-state index >= 15 is 0 Å². The van der Waals surface area contributed by atoms with E-state index in [0.717, 1.165) is 0 Å². The highest BCUT2D eigenvalue weighted by atomic mass is 32.2. The van der Waals surface area contributed by atoms with Gasteiger partial charge in [-0.3, -0.25) is 0 Å². The molecular formula is C10H15NOS. The predicted octanol–water partition coefficient (Wildman–Crippen LogP) is 1.02. The molecule has 0 saturated heterocycles. The zero-order valence-corrected chi connectivity index (χ0v) is 9.15. The molecule has 0 bridgehead atoms. The Hall–Kier alpha value is -0.770. The van der Waals surface area contributed by atoms with Crippen molar-refractivity contribution in [3.63, 3.8) is 0 Å². The minimum absolute atomic E-state index is 0.312. The SMILES string of the molecule is C#CCN(CC#C)[S@](=O)C(C)(C)C. The molecule has 1 atom stereocenters. The molecule has 0 aromatic rings. The van der Waals surface area contributed by atoms with Gasteiger partial charge < -0.3 is 0 Å². The van der Waals surface area contributed by atoms with Crippen molar-refractivity contribution in [2.75, 3.05) is 13.1 Å². The molecule has 0 aliphatic carbocycles. The maximum atomic E-state index is 11.8. The summed E-state index contributed by atoms with van der Waals surface area (Å²) < 4.78 is 13.1. The van der Waals surface area contributed by atoms with Crippen molar-refractivity contribution in [1.29, 1.82) is 0 Å². The molecule has 0 spiro atoms. The lowest BCUT2D eigenvalue weighted by atomic mass is 10.3. The van der Waals surface area contributed by atoms with Crippen LogP contribution in [0.1, 0.15) is 20.8 Å². The Labute approximate surface area is 83.3 Å². The molecule has 0 radical (unpaired) electrons. The van der Waals surface area contributed by atoms with Crippen LogP contribution in [-0.2, 0) is 11.0 Å². The first kappa shape index (κ1) is 12.2. The molecule has 0 aromatic carbocycles. The summed E-state index contributed by atoms with van der Waals surface area (Å²) in [5, 5.41) is 0. The fourth-order valence-electron chi connectivity index (χ4n) is 0.764. The van der Waals surface area contributed by atoms with Gasteiger partial charge in [-0.15, -0.1) is 12.8 Å². The molecule has 0 unspecified atom stereocenters. The lowest BCUT2D eigenvalue weighted by molar-refractivity contribution is 0.518. The molecule has 72 valence electrons. The molecular weight excluding hydrogens is 182 g/mol. The first-order valence-electron chi connectivity index (χ1n) is 3.97. The molecule has 0 fully saturated rings. The Morgan fingerprint density at radius 1 is 1.23 bits per heavy atom. The number of rotatable bonds is 3. The van der Waals surface area contributed by atoms with Crippen LogP contribution in [0.3, 0.4) is 0 Å². The first-order chi connectivity index (χ1) is 5.93. The maximum Gasteiger partial charge on any atom is 0.102 e. The Kier molecular flexibility index (Phi) is 4.77. The largest absolute Gasteiger partial charge is 0.242 e. The normalized spacial score (nSPS) is 13.4. The second-order valence-corrected chi connectivity index (χ2v) is 5.81. The summed E-state index contributed by atoms with van der Waals surface area (Å²) in [6.45, 7) is 6.33. The fourth-order valence-corrected chi connectivity index (χ4v) is 1.92. The fraction of sp³-hybridized carbons (Fsp3) is 0.600. The van der Waals surface area contributed by atoms with Gasteiger partial charge in [0.15, 0.2) is 0 Å². The van der Waals surface area contributed by atoms with E-state index < -0.39 is 11.0 Å². The summed E-state index contributed by atoms with van der Waals surface area (Å²) in [5.74, 6) is 4.89. The van der Waals surface area contributed by atoms with Gasteiger partial charge >= 0.3 is 0 Å². The minimum atomic E-state index is -1.13. The average Bonchev–Trinajstić information content (AvgIpc) is 2.01. The zero-order chi connectivity index (χ0) is 10.5. The van der Waals surface area contributed by atoms with Gasteiger partial charge in [0.2, 0.25) is 0 Å². The molecule has 3 heteroatoms. The minimum Gasteiger partial charge on any atom is -0.242 e. The van der Waals surface area contributed by atoms with Crippen molar-refractivity contribution < 1.29 is 4.21 Å². The topological polar surface area (TPSA) is 20.3 Å². The monoisotopic (exact) mass is 197 g/mol. The summed E-state index contributed by atoms with van der Waals surface area (Å²) in [7, 11) is -1.13. The highest BCUT2D eigenvalue weighted by Gasteiger charge is 2.24. The molecule has 0 aliphatic heterocycles. The lowest BCUT2D eigenvalue weighted by Gasteiger charge is -2.25. The first-order valence-corrected chi connectivity index (χ1v) is 5.08. The van der Waals surface area contributed by atoms with Gasteiger partial charge in [0.05, 0.1) is 17.8 Å². The van der Waals surface area contributed by atoms with E-state index in [1.54, 1.807) is 4.31 Å². The van der Waals surface area contributed by atoms with E-state index in [1.165, 1.54) is 0 Å². The number of terminal acetylenes is 2. The molecule has 0 N–H and O–H groups in total. The van der Waals surface area contributed by atoms with Crippen molar-refractivity contribution in [2.45, 2.75) is 25.5 Å². The maximum absolute atomic E-state index is 11.8. The van der Waals surface area contributed by atoms with Gasteiger partial charge in [0, 0.05) is 0 Å². The van der Waals surface area contributed by atoms with Crippen LogP contribution in [0.5, 0.6) is 0 Å². The van der Waals surface area contributed by atoms with Gasteiger partial charge in [-0.25, -0.2) is 8.51 Å². The van der Waals surface area contributed by atoms with Crippen molar-refractivity contribution in [2.24, 2.45) is 0 Å². The van der Waals surface area contributed by atoms with Crippen LogP contribution in [0.15, 0.2) is 0 Å². The highest BCUT2D eigenvalue weighted by molar-refractivity contribution is 7.84. The molecule has 0 saturated carbocycles. The Morgan fingerprint density at radius 2 is 1.62 bits per heavy atom. The summed E-state index contributed by atoms with van der Waals surface area (Å²) >= 11 is 0. The smallest absolute Gasteiger partial charge is 0.102 e. The summed E-state index contributed by atoms with van der Waals surface area (Å²) in [4.78, 5) is 0. The van der Waals surface area contributed by atoms with Crippen LogP contribution in [0.2, 0.25) is 0 Å². The molecule has 13 heavy (non-hydrogen) atoms. The molecule has 0 rings (SSSR count). The zero-order valence-electron chi connectivity index (χ0n) is 8.33. The second kappa shape index (κ2) is 5.07. The van der Waals surface area contributed by atoms with E-state index in [-0.39, 0.29) is 4.75 Å². The van der Waals surface area contributed by atoms with E-state index in [2.05, 4.69) is 11.8 Å². The summed E-state index contributed by atoms with van der Waals surface area (Å²) in [6, 6.07) is 0. The third kappa shape index (κ3) is 4.12. The van der Waals surface area contributed by atoms with Crippen LogP contribution in [0, 0.1) is 24.7 Å². The van der Waals surface area contributed by atoms with Crippen LogP contribution < -0.4 is 0 Å². The van der Waals surface area contributed by atoms with Crippen LogP contribution in [-0.4, -0.2) is 26.4 Å². The van der Waals surface area contributed by atoms with E-state index in [0.29, 0.717) is 13.1 Å². The highest BCUT2D eigenvalue weighted by Crippen LogP contribution is 2.14. The Bertz CT molecular complexity index is 248.